The van der Waals surface area contributed by atoms with Gasteiger partial charge in [0.25, 0.3) is 0 Å². The van der Waals surface area contributed by atoms with Crippen LogP contribution in [0.2, 0.25) is 0 Å². The van der Waals surface area contributed by atoms with E-state index in [0.29, 0.717) is 31.0 Å². The number of benzene rings is 1. The summed E-state index contributed by atoms with van der Waals surface area (Å²) in [6.07, 6.45) is 7.09. The van der Waals surface area contributed by atoms with Crippen molar-refractivity contribution in [1.29, 1.82) is 0 Å². The number of carbonyl (C=O) groups excluding carboxylic acids is 1. The molecule has 0 bridgehead atoms. The van der Waals surface area contributed by atoms with Gasteiger partial charge in [-0.1, -0.05) is 13.0 Å². The third-order valence-electron chi connectivity index (χ3n) is 6.84. The number of nitrogens with one attached hydrogen (secondary N) is 1. The van der Waals surface area contributed by atoms with E-state index in [1.165, 1.54) is 13.2 Å². The normalized spacial score (nSPS) is 22.2. The molecular formula is C24H32FN5O2. The summed E-state index contributed by atoms with van der Waals surface area (Å²) in [7, 11) is 1.50. The van der Waals surface area contributed by atoms with Crippen molar-refractivity contribution in [3.8, 4) is 5.75 Å². The van der Waals surface area contributed by atoms with Gasteiger partial charge in [-0.15, -0.1) is 0 Å². The Kier molecular flexibility index (Phi) is 6.89. The number of ether oxygens (including phenoxy) is 1. The average molecular weight is 442 g/mol. The lowest BCUT2D eigenvalue weighted by molar-refractivity contribution is -0.120. The molecule has 1 saturated heterocycles. The van der Waals surface area contributed by atoms with Crippen LogP contribution in [0.1, 0.15) is 56.2 Å². The molecule has 0 radical (unpaired) electrons. The molecule has 2 fully saturated rings. The Morgan fingerprint density at radius 2 is 2.09 bits per heavy atom. The van der Waals surface area contributed by atoms with Crippen LogP contribution >= 0.6 is 0 Å². The third kappa shape index (κ3) is 4.70. The predicted molar refractivity (Wildman–Crippen MR) is 121 cm³/mol. The fraction of sp³-hybridized carbons (Fsp3) is 0.542. The minimum absolute atomic E-state index is 0.00936. The van der Waals surface area contributed by atoms with Gasteiger partial charge in [-0.2, -0.15) is 0 Å². The number of methoxy groups -OCH3 is 1. The number of aromatic nitrogens is 2. The lowest BCUT2D eigenvalue weighted by atomic mass is 9.99. The smallest absolute Gasteiger partial charge is 0.239 e. The Bertz CT molecular complexity index is 938. The van der Waals surface area contributed by atoms with E-state index in [1.807, 2.05) is 29.4 Å². The van der Waals surface area contributed by atoms with Crippen LogP contribution in [0, 0.1) is 5.82 Å². The van der Waals surface area contributed by atoms with Crippen molar-refractivity contribution in [3.05, 3.63) is 47.5 Å². The van der Waals surface area contributed by atoms with Crippen molar-refractivity contribution in [1.82, 2.24) is 20.2 Å². The quantitative estimate of drug-likeness (QED) is 0.711. The van der Waals surface area contributed by atoms with E-state index in [1.54, 1.807) is 0 Å². The summed E-state index contributed by atoms with van der Waals surface area (Å²) in [5.41, 5.74) is 2.22. The lowest BCUT2D eigenvalue weighted by Gasteiger charge is -2.34. The first-order valence-electron chi connectivity index (χ1n) is 11.4. The molecule has 1 aliphatic heterocycles. The van der Waals surface area contributed by atoms with Gasteiger partial charge < -0.3 is 15.0 Å². The van der Waals surface area contributed by atoms with E-state index < -0.39 is 0 Å². The van der Waals surface area contributed by atoms with Crippen molar-refractivity contribution in [2.24, 2.45) is 0 Å². The Hall–Kier alpha value is -2.74. The van der Waals surface area contributed by atoms with Gasteiger partial charge in [-0.05, 0) is 61.9 Å². The Morgan fingerprint density at radius 3 is 2.78 bits per heavy atom. The van der Waals surface area contributed by atoms with Gasteiger partial charge in [-0.25, -0.2) is 14.4 Å². The molecule has 1 saturated carbocycles. The maximum Gasteiger partial charge on any atom is 0.239 e. The number of piperazine rings is 1. The molecule has 32 heavy (non-hydrogen) atoms. The van der Waals surface area contributed by atoms with Gasteiger partial charge in [0.05, 0.1) is 13.7 Å². The number of nitrogens with zero attached hydrogens (tertiary/aromatic N) is 4. The molecule has 1 aromatic heterocycles. The van der Waals surface area contributed by atoms with Crippen molar-refractivity contribution in [3.63, 3.8) is 0 Å². The SMILES string of the molecule is CCN(C1CCC(c2cnc(N3CCNC(=O)C3)nc2)C1)C(C)c1ccc(F)c(OC)c1. The van der Waals surface area contributed by atoms with Gasteiger partial charge in [0.15, 0.2) is 11.6 Å². The molecule has 7 nitrogen and oxygen atoms in total. The molecule has 2 aliphatic rings. The van der Waals surface area contributed by atoms with Crippen molar-refractivity contribution >= 4 is 11.9 Å². The fourth-order valence-electron chi connectivity index (χ4n) is 5.05. The van der Waals surface area contributed by atoms with Crippen LogP contribution in [-0.4, -0.2) is 60.1 Å². The summed E-state index contributed by atoms with van der Waals surface area (Å²) in [6.45, 7) is 6.94. The van der Waals surface area contributed by atoms with E-state index in [4.69, 9.17) is 4.74 Å². The summed E-state index contributed by atoms with van der Waals surface area (Å²) in [4.78, 5) is 25.1. The molecule has 1 aromatic carbocycles. The second-order valence-electron chi connectivity index (χ2n) is 8.65. The van der Waals surface area contributed by atoms with Crippen molar-refractivity contribution in [2.75, 3.05) is 38.2 Å². The minimum atomic E-state index is -0.332. The van der Waals surface area contributed by atoms with Gasteiger partial charge in [0, 0.05) is 37.6 Å². The lowest BCUT2D eigenvalue weighted by Crippen LogP contribution is -2.48. The number of rotatable bonds is 7. The van der Waals surface area contributed by atoms with Crippen LogP contribution in [0.4, 0.5) is 10.3 Å². The largest absolute Gasteiger partial charge is 0.494 e. The standard InChI is InChI=1S/C24H32FN5O2/c1-4-30(16(2)17-6-8-21(25)22(12-17)32-3)20-7-5-18(11-20)19-13-27-24(28-14-19)29-10-9-26-23(31)15-29/h6,8,12-14,16,18,20H,4-5,7,9-11,15H2,1-3H3,(H,26,31). The molecule has 1 aliphatic carbocycles. The van der Waals surface area contributed by atoms with Crippen LogP contribution in [-0.2, 0) is 4.79 Å². The molecule has 172 valence electrons. The van der Waals surface area contributed by atoms with Crippen molar-refractivity contribution < 1.29 is 13.9 Å². The predicted octanol–water partition coefficient (Wildman–Crippen LogP) is 3.28. The zero-order valence-corrected chi connectivity index (χ0v) is 19.1. The van der Waals surface area contributed by atoms with E-state index in [-0.39, 0.29) is 23.5 Å². The fourth-order valence-corrected chi connectivity index (χ4v) is 5.05. The van der Waals surface area contributed by atoms with Crippen LogP contribution in [0.3, 0.4) is 0 Å². The molecule has 2 aromatic rings. The van der Waals surface area contributed by atoms with E-state index >= 15 is 0 Å². The van der Waals surface area contributed by atoms with Gasteiger partial charge in [0.1, 0.15) is 0 Å². The molecule has 1 N–H and O–H groups in total. The first-order valence-corrected chi connectivity index (χ1v) is 11.4. The van der Waals surface area contributed by atoms with Crippen molar-refractivity contribution in [2.45, 2.75) is 51.1 Å². The van der Waals surface area contributed by atoms with Gasteiger partial charge in [-0.3, -0.25) is 9.69 Å². The van der Waals surface area contributed by atoms with Gasteiger partial charge in [0.2, 0.25) is 11.9 Å². The summed E-state index contributed by atoms with van der Waals surface area (Å²) in [6, 6.07) is 5.76. The maximum atomic E-state index is 13.8. The van der Waals surface area contributed by atoms with Crippen LogP contribution < -0.4 is 15.0 Å². The number of halogens is 1. The Morgan fingerprint density at radius 1 is 1.31 bits per heavy atom. The Labute approximate surface area is 189 Å². The summed E-state index contributed by atoms with van der Waals surface area (Å²) in [5, 5.41) is 2.82. The number of carbonyl (C=O) groups is 1. The molecule has 3 unspecified atom stereocenters. The summed E-state index contributed by atoms with van der Waals surface area (Å²) >= 11 is 0. The highest BCUT2D eigenvalue weighted by Gasteiger charge is 2.33. The molecule has 4 rings (SSSR count). The monoisotopic (exact) mass is 441 g/mol. The van der Waals surface area contributed by atoms with E-state index in [2.05, 4.69) is 34.0 Å². The maximum absolute atomic E-state index is 13.8. The highest BCUT2D eigenvalue weighted by Crippen LogP contribution is 2.39. The number of anilines is 1. The van der Waals surface area contributed by atoms with Crippen LogP contribution in [0.15, 0.2) is 30.6 Å². The third-order valence-corrected chi connectivity index (χ3v) is 6.84. The van der Waals surface area contributed by atoms with Crippen LogP contribution in [0.5, 0.6) is 5.75 Å². The van der Waals surface area contributed by atoms with Gasteiger partial charge >= 0.3 is 0 Å². The van der Waals surface area contributed by atoms with Crippen LogP contribution in [0.25, 0.3) is 0 Å². The molecule has 1 amide bonds. The molecule has 3 atom stereocenters. The summed E-state index contributed by atoms with van der Waals surface area (Å²) < 4.78 is 19.0. The molecular weight excluding hydrogens is 409 g/mol. The first kappa shape index (κ1) is 22.5. The second-order valence-corrected chi connectivity index (χ2v) is 8.65. The zero-order chi connectivity index (χ0) is 22.7. The second kappa shape index (κ2) is 9.81. The van der Waals surface area contributed by atoms with E-state index in [0.717, 1.165) is 43.5 Å². The summed E-state index contributed by atoms with van der Waals surface area (Å²) in [5.74, 6) is 1.00. The topological polar surface area (TPSA) is 70.6 Å². The first-order chi connectivity index (χ1) is 15.5. The Balaban J connectivity index is 1.42. The highest BCUT2D eigenvalue weighted by molar-refractivity contribution is 5.81. The number of hydrogen-bond donors (Lipinski definition) is 1. The highest BCUT2D eigenvalue weighted by atomic mass is 19.1. The molecule has 2 heterocycles. The molecule has 0 spiro atoms. The number of amides is 1. The molecule has 8 heteroatoms. The average Bonchev–Trinajstić information content (AvgIpc) is 3.30. The van der Waals surface area contributed by atoms with E-state index in [9.17, 15) is 9.18 Å². The zero-order valence-electron chi connectivity index (χ0n) is 19.1. The number of hydrogen-bond acceptors (Lipinski definition) is 6. The minimum Gasteiger partial charge on any atom is -0.494 e.